The zero-order valence-electron chi connectivity index (χ0n) is 21.2. The van der Waals surface area contributed by atoms with Crippen LogP contribution >= 0.6 is 11.8 Å². The Hall–Kier alpha value is -3.30. The van der Waals surface area contributed by atoms with Crippen molar-refractivity contribution in [2.75, 3.05) is 35.8 Å². The molecule has 3 aromatic rings. The van der Waals surface area contributed by atoms with Crippen LogP contribution in [0, 0.1) is 5.92 Å². The molecular formula is C29H30N2O5S2. The van der Waals surface area contributed by atoms with Gasteiger partial charge in [0.05, 0.1) is 30.8 Å². The zero-order valence-corrected chi connectivity index (χ0v) is 22.8. The minimum Gasteiger partial charge on any atom is -0.497 e. The van der Waals surface area contributed by atoms with Crippen LogP contribution in [-0.2, 0) is 10.0 Å². The number of benzene rings is 3. The van der Waals surface area contributed by atoms with Crippen LogP contribution in [0.4, 0.5) is 11.4 Å². The molecule has 2 N–H and O–H groups in total. The average Bonchev–Trinajstić information content (AvgIpc) is 3.40. The van der Waals surface area contributed by atoms with Crippen molar-refractivity contribution in [2.24, 2.45) is 5.92 Å². The van der Waals surface area contributed by atoms with E-state index in [9.17, 15) is 8.42 Å². The van der Waals surface area contributed by atoms with Crippen molar-refractivity contribution in [3.8, 4) is 17.2 Å². The molecule has 0 aromatic heterocycles. The summed E-state index contributed by atoms with van der Waals surface area (Å²) in [4.78, 5) is 0.205. The van der Waals surface area contributed by atoms with Crippen LogP contribution < -0.4 is 24.2 Å². The minimum absolute atomic E-state index is 0.123. The Morgan fingerprint density at radius 3 is 2.45 bits per heavy atom. The first kappa shape index (κ1) is 25.0. The molecule has 0 amide bonds. The van der Waals surface area contributed by atoms with Crippen LogP contribution in [0.25, 0.3) is 0 Å². The van der Waals surface area contributed by atoms with Crippen molar-refractivity contribution < 1.29 is 22.6 Å². The molecule has 2 heterocycles. The van der Waals surface area contributed by atoms with E-state index in [1.807, 2.05) is 17.8 Å². The molecule has 0 bridgehead atoms. The molecule has 198 valence electrons. The Morgan fingerprint density at radius 1 is 0.947 bits per heavy atom. The fourth-order valence-electron chi connectivity index (χ4n) is 5.40. The van der Waals surface area contributed by atoms with Gasteiger partial charge in [0.15, 0.2) is 0 Å². The van der Waals surface area contributed by atoms with Crippen molar-refractivity contribution >= 4 is 33.2 Å². The lowest BCUT2D eigenvalue weighted by atomic mass is 9.77. The highest BCUT2D eigenvalue weighted by Crippen LogP contribution is 2.50. The number of fused-ring (bicyclic) bond motifs is 3. The highest BCUT2D eigenvalue weighted by molar-refractivity contribution is 8.00. The maximum absolute atomic E-state index is 13.4. The number of methoxy groups -OCH3 is 2. The average molecular weight is 551 g/mol. The molecule has 2 aliphatic heterocycles. The number of rotatable bonds is 8. The largest absolute Gasteiger partial charge is 0.497 e. The van der Waals surface area contributed by atoms with Crippen LogP contribution in [0.3, 0.4) is 0 Å². The summed E-state index contributed by atoms with van der Waals surface area (Å²) in [6.07, 6.45) is 5.65. The number of anilines is 2. The van der Waals surface area contributed by atoms with E-state index in [4.69, 9.17) is 14.2 Å². The highest BCUT2D eigenvalue weighted by atomic mass is 32.2. The molecular weight excluding hydrogens is 520 g/mol. The SMILES string of the molecule is COc1ccc(OC)c(NS(=O)(=O)c2ccc3c(c2)[C@H]2C=CC[C@H]2[C@@H](c2ccc(OC4CSC4)cc2)N3)c1. The quantitative estimate of drug-likeness (QED) is 0.342. The van der Waals surface area contributed by atoms with Gasteiger partial charge < -0.3 is 19.5 Å². The van der Waals surface area contributed by atoms with Gasteiger partial charge in [-0.2, -0.15) is 11.8 Å². The monoisotopic (exact) mass is 550 g/mol. The molecule has 0 spiro atoms. The molecule has 3 aromatic carbocycles. The maximum Gasteiger partial charge on any atom is 0.262 e. The molecule has 1 fully saturated rings. The Morgan fingerprint density at radius 2 is 1.74 bits per heavy atom. The third-order valence-electron chi connectivity index (χ3n) is 7.44. The summed E-state index contributed by atoms with van der Waals surface area (Å²) < 4.78 is 46.1. The summed E-state index contributed by atoms with van der Waals surface area (Å²) in [6.45, 7) is 0. The summed E-state index contributed by atoms with van der Waals surface area (Å²) in [7, 11) is -0.829. The normalized spacial score (nSPS) is 22.0. The summed E-state index contributed by atoms with van der Waals surface area (Å²) in [5.41, 5.74) is 3.47. The molecule has 3 atom stereocenters. The summed E-state index contributed by atoms with van der Waals surface area (Å²) in [5, 5.41) is 3.69. The van der Waals surface area contributed by atoms with Crippen LogP contribution in [0.1, 0.15) is 29.5 Å². The maximum atomic E-state index is 13.4. The van der Waals surface area contributed by atoms with Crippen LogP contribution in [-0.4, -0.2) is 40.2 Å². The third-order valence-corrected chi connectivity index (χ3v) is 10.0. The Balaban J connectivity index is 1.26. The molecule has 3 aliphatic rings. The predicted octanol–water partition coefficient (Wildman–Crippen LogP) is 5.83. The van der Waals surface area contributed by atoms with Crippen molar-refractivity contribution in [1.82, 2.24) is 0 Å². The van der Waals surface area contributed by atoms with Gasteiger partial charge in [-0.05, 0) is 65.9 Å². The van der Waals surface area contributed by atoms with Gasteiger partial charge in [0, 0.05) is 29.2 Å². The lowest BCUT2D eigenvalue weighted by Crippen LogP contribution is -2.31. The molecule has 1 aliphatic carbocycles. The van der Waals surface area contributed by atoms with Crippen molar-refractivity contribution in [3.63, 3.8) is 0 Å². The molecule has 6 rings (SSSR count). The molecule has 1 saturated heterocycles. The van der Waals surface area contributed by atoms with Crippen LogP contribution in [0.15, 0.2) is 77.7 Å². The topological polar surface area (TPSA) is 85.9 Å². The van der Waals surface area contributed by atoms with E-state index < -0.39 is 10.0 Å². The summed E-state index contributed by atoms with van der Waals surface area (Å²) >= 11 is 1.91. The summed E-state index contributed by atoms with van der Waals surface area (Å²) in [5.74, 6) is 4.38. The lowest BCUT2D eigenvalue weighted by Gasteiger charge is -2.38. The van der Waals surface area contributed by atoms with E-state index in [0.29, 0.717) is 29.2 Å². The Kier molecular flexibility index (Phi) is 6.65. The van der Waals surface area contributed by atoms with Gasteiger partial charge in [0.2, 0.25) is 0 Å². The Bertz CT molecular complexity index is 1470. The zero-order chi connectivity index (χ0) is 26.3. The van der Waals surface area contributed by atoms with Crippen LogP contribution in [0.5, 0.6) is 17.2 Å². The van der Waals surface area contributed by atoms with Gasteiger partial charge >= 0.3 is 0 Å². The number of hydrogen-bond donors (Lipinski definition) is 2. The lowest BCUT2D eigenvalue weighted by molar-refractivity contribution is 0.240. The molecule has 0 unspecified atom stereocenters. The van der Waals surface area contributed by atoms with Crippen LogP contribution in [0.2, 0.25) is 0 Å². The number of sulfonamides is 1. The third kappa shape index (κ3) is 4.69. The molecule has 0 saturated carbocycles. The van der Waals surface area contributed by atoms with E-state index in [1.165, 1.54) is 19.8 Å². The predicted molar refractivity (Wildman–Crippen MR) is 151 cm³/mol. The fraction of sp³-hybridized carbons (Fsp3) is 0.310. The number of hydrogen-bond acceptors (Lipinski definition) is 7. The van der Waals surface area contributed by atoms with Crippen molar-refractivity contribution in [1.29, 1.82) is 0 Å². The second-order valence-electron chi connectivity index (χ2n) is 9.74. The van der Waals surface area contributed by atoms with Crippen molar-refractivity contribution in [3.05, 3.63) is 83.9 Å². The molecule has 38 heavy (non-hydrogen) atoms. The number of ether oxygens (including phenoxy) is 3. The van der Waals surface area contributed by atoms with E-state index in [1.54, 1.807) is 30.3 Å². The number of allylic oxidation sites excluding steroid dienone is 2. The van der Waals surface area contributed by atoms with E-state index in [0.717, 1.165) is 34.9 Å². The smallest absolute Gasteiger partial charge is 0.262 e. The first-order valence-electron chi connectivity index (χ1n) is 12.6. The fourth-order valence-corrected chi connectivity index (χ4v) is 7.06. The van der Waals surface area contributed by atoms with Gasteiger partial charge in [-0.1, -0.05) is 24.3 Å². The second-order valence-corrected chi connectivity index (χ2v) is 12.5. The van der Waals surface area contributed by atoms with Gasteiger partial charge in [-0.3, -0.25) is 4.72 Å². The molecule has 7 nitrogen and oxygen atoms in total. The Labute approximate surface area is 227 Å². The minimum atomic E-state index is -3.86. The number of nitrogens with one attached hydrogen (secondary N) is 2. The first-order valence-corrected chi connectivity index (χ1v) is 15.3. The van der Waals surface area contributed by atoms with Gasteiger partial charge in [0.25, 0.3) is 10.0 Å². The van der Waals surface area contributed by atoms with E-state index in [2.05, 4.69) is 46.5 Å². The standard InChI is InChI=1S/C29H30N2O5S2/c1-34-20-10-13-28(35-2)27(14-20)31-38(32,33)22-11-12-26-25(15-22)23-4-3-5-24(23)29(30-26)18-6-8-19(9-7-18)36-21-16-37-17-21/h3-4,6-15,21,23-24,29-31H,5,16-17H2,1-2H3/t23-,24+,29+/m0/s1. The van der Waals surface area contributed by atoms with E-state index in [-0.39, 0.29) is 16.9 Å². The molecule has 9 heteroatoms. The molecule has 0 radical (unpaired) electrons. The van der Waals surface area contributed by atoms with Gasteiger partial charge in [-0.25, -0.2) is 8.42 Å². The summed E-state index contributed by atoms with van der Waals surface area (Å²) in [6, 6.07) is 18.8. The van der Waals surface area contributed by atoms with Gasteiger partial charge in [-0.15, -0.1) is 0 Å². The second kappa shape index (κ2) is 10.1. The van der Waals surface area contributed by atoms with Crippen molar-refractivity contribution in [2.45, 2.75) is 29.4 Å². The van der Waals surface area contributed by atoms with Gasteiger partial charge in [0.1, 0.15) is 23.4 Å². The first-order chi connectivity index (χ1) is 18.4. The number of thioether (sulfide) groups is 1. The van der Waals surface area contributed by atoms with E-state index >= 15 is 0 Å². The highest BCUT2D eigenvalue weighted by Gasteiger charge is 2.38.